The number of aromatic nitrogens is 2. The molecule has 2 amide bonds. The van der Waals surface area contributed by atoms with Crippen LogP contribution in [-0.4, -0.2) is 58.1 Å². The van der Waals surface area contributed by atoms with Crippen molar-refractivity contribution in [1.29, 1.82) is 0 Å². The Labute approximate surface area is 226 Å². The number of piperidine rings is 1. The highest BCUT2D eigenvalue weighted by atomic mass is 16.2. The first kappa shape index (κ1) is 27.9. The summed E-state index contributed by atoms with van der Waals surface area (Å²) in [6.45, 7) is 5.86. The normalized spacial score (nSPS) is 19.2. The van der Waals surface area contributed by atoms with Crippen molar-refractivity contribution in [3.63, 3.8) is 0 Å². The van der Waals surface area contributed by atoms with E-state index in [9.17, 15) is 14.4 Å². The number of ketones is 1. The van der Waals surface area contributed by atoms with Gasteiger partial charge in [0.15, 0.2) is 5.78 Å². The zero-order chi connectivity index (χ0) is 26.9. The van der Waals surface area contributed by atoms with Crippen molar-refractivity contribution < 1.29 is 14.4 Å². The fourth-order valence-corrected chi connectivity index (χ4v) is 5.70. The minimum atomic E-state index is -0.428. The monoisotopic (exact) mass is 519 g/mol. The molecule has 2 aromatic rings. The highest BCUT2D eigenvalue weighted by molar-refractivity contribution is 5.98. The first-order valence-corrected chi connectivity index (χ1v) is 14.1. The Morgan fingerprint density at radius 1 is 1.00 bits per heavy atom. The molecular weight excluding hydrogens is 478 g/mol. The number of benzene rings is 1. The molecule has 0 radical (unpaired) electrons. The number of likely N-dealkylation sites (tertiary alicyclic amines) is 1. The average Bonchev–Trinajstić information content (AvgIpc) is 2.96. The van der Waals surface area contributed by atoms with Crippen molar-refractivity contribution >= 4 is 17.6 Å². The first-order valence-electron chi connectivity index (χ1n) is 14.1. The van der Waals surface area contributed by atoms with Crippen molar-refractivity contribution in [3.05, 3.63) is 59.7 Å². The van der Waals surface area contributed by atoms with Crippen molar-refractivity contribution in [2.45, 2.75) is 77.3 Å². The second-order valence-corrected chi connectivity index (χ2v) is 11.0. The van der Waals surface area contributed by atoms with Crippen LogP contribution in [-0.2, 0) is 16.1 Å². The lowest BCUT2D eigenvalue weighted by molar-refractivity contribution is -0.131. The molecule has 4 rings (SSSR count). The largest absolute Gasteiger partial charge is 0.342 e. The van der Waals surface area contributed by atoms with E-state index in [0.29, 0.717) is 24.5 Å². The molecule has 1 saturated carbocycles. The van der Waals surface area contributed by atoms with Crippen LogP contribution in [0.4, 0.5) is 0 Å². The van der Waals surface area contributed by atoms with Crippen LogP contribution >= 0.6 is 0 Å². The fraction of sp³-hybridized carbons (Fsp3) is 0.567. The highest BCUT2D eigenvalue weighted by Crippen LogP contribution is 2.30. The Kier molecular flexibility index (Phi) is 9.98. The number of nitrogens with zero attached hydrogens (tertiary/aromatic N) is 3. The van der Waals surface area contributed by atoms with Crippen molar-refractivity contribution in [2.75, 3.05) is 19.6 Å². The molecule has 8 heteroatoms. The molecule has 2 fully saturated rings. The van der Waals surface area contributed by atoms with Gasteiger partial charge in [0.1, 0.15) is 5.82 Å². The summed E-state index contributed by atoms with van der Waals surface area (Å²) in [5.74, 6) is 0.918. The van der Waals surface area contributed by atoms with E-state index in [1.807, 2.05) is 43.0 Å². The van der Waals surface area contributed by atoms with Gasteiger partial charge < -0.3 is 15.5 Å². The van der Waals surface area contributed by atoms with Crippen LogP contribution in [0.1, 0.15) is 86.5 Å². The Morgan fingerprint density at radius 2 is 1.76 bits per heavy atom. The second-order valence-electron chi connectivity index (χ2n) is 11.0. The maximum atomic E-state index is 13.3. The summed E-state index contributed by atoms with van der Waals surface area (Å²) in [7, 11) is 0. The van der Waals surface area contributed by atoms with Crippen LogP contribution < -0.4 is 10.6 Å². The molecule has 1 unspecified atom stereocenters. The molecule has 38 heavy (non-hydrogen) atoms. The molecule has 1 aliphatic heterocycles. The van der Waals surface area contributed by atoms with E-state index < -0.39 is 6.04 Å². The Bertz CT molecular complexity index is 1080. The van der Waals surface area contributed by atoms with Crippen molar-refractivity contribution in [1.82, 2.24) is 25.5 Å². The van der Waals surface area contributed by atoms with Gasteiger partial charge >= 0.3 is 0 Å². The predicted octanol–water partition coefficient (Wildman–Crippen LogP) is 3.88. The predicted molar refractivity (Wildman–Crippen MR) is 146 cm³/mol. The summed E-state index contributed by atoms with van der Waals surface area (Å²) >= 11 is 0. The molecule has 1 aliphatic carbocycles. The van der Waals surface area contributed by atoms with Gasteiger partial charge in [-0.25, -0.2) is 9.97 Å². The van der Waals surface area contributed by atoms with E-state index in [1.54, 1.807) is 18.5 Å². The molecule has 2 atom stereocenters. The van der Waals surface area contributed by atoms with E-state index in [2.05, 4.69) is 20.6 Å². The number of hydrogen-bond acceptors (Lipinski definition) is 6. The summed E-state index contributed by atoms with van der Waals surface area (Å²) in [5, 5.41) is 6.25. The van der Waals surface area contributed by atoms with Gasteiger partial charge in [-0.05, 0) is 55.4 Å². The maximum Gasteiger partial charge on any atom is 0.251 e. The van der Waals surface area contributed by atoms with Crippen LogP contribution in [0.25, 0.3) is 0 Å². The lowest BCUT2D eigenvalue weighted by atomic mass is 9.80. The van der Waals surface area contributed by atoms with Gasteiger partial charge in [0.05, 0.1) is 19.1 Å². The molecule has 204 valence electrons. The summed E-state index contributed by atoms with van der Waals surface area (Å²) in [5.41, 5.74) is 1.64. The topological polar surface area (TPSA) is 104 Å². The minimum Gasteiger partial charge on any atom is -0.342 e. The van der Waals surface area contributed by atoms with E-state index in [0.717, 1.165) is 50.6 Å². The van der Waals surface area contributed by atoms with Gasteiger partial charge in [0.2, 0.25) is 5.91 Å². The molecule has 8 nitrogen and oxygen atoms in total. The molecule has 1 saturated heterocycles. The third-order valence-corrected chi connectivity index (χ3v) is 7.86. The van der Waals surface area contributed by atoms with E-state index in [4.69, 9.17) is 0 Å². The third kappa shape index (κ3) is 7.47. The summed E-state index contributed by atoms with van der Waals surface area (Å²) < 4.78 is 0. The number of nitrogens with one attached hydrogen (secondary N) is 2. The van der Waals surface area contributed by atoms with Gasteiger partial charge in [-0.1, -0.05) is 45.2 Å². The van der Waals surface area contributed by atoms with Crippen LogP contribution in [0.3, 0.4) is 0 Å². The van der Waals surface area contributed by atoms with Gasteiger partial charge in [0, 0.05) is 42.9 Å². The molecule has 1 aromatic heterocycles. The standard InChI is InChI=1S/C30H41N5O3/c1-21(2)29(37)28(22-9-4-3-5-10-22)34-30(38)24-12-6-11-23(17-24)25-13-7-16-35(20-25)27(36)19-31-18-26-32-14-8-15-33-26/h6,8,11-12,14-15,17,21-22,25,28,31H,3-5,7,9-10,13,16,18-20H2,1-2H3,(H,34,38)/t25?,28-/m1/s1. The number of carbonyl (C=O) groups is 3. The third-order valence-electron chi connectivity index (χ3n) is 7.86. The number of carbonyl (C=O) groups excluding carboxylic acids is 3. The quantitative estimate of drug-likeness (QED) is 0.494. The number of rotatable bonds is 10. The maximum absolute atomic E-state index is 13.3. The Morgan fingerprint density at radius 3 is 2.50 bits per heavy atom. The Balaban J connectivity index is 1.36. The second kappa shape index (κ2) is 13.6. The number of Topliss-reactive ketones (excluding diaryl/α,β-unsaturated/α-hetero) is 1. The van der Waals surface area contributed by atoms with Crippen molar-refractivity contribution in [3.8, 4) is 0 Å². The van der Waals surface area contributed by atoms with Gasteiger partial charge in [0.25, 0.3) is 5.91 Å². The van der Waals surface area contributed by atoms with Crippen molar-refractivity contribution in [2.24, 2.45) is 11.8 Å². The minimum absolute atomic E-state index is 0.0575. The molecule has 1 aromatic carbocycles. The van der Waals surface area contributed by atoms with E-state index in [1.165, 1.54) is 6.42 Å². The molecule has 2 N–H and O–H groups in total. The summed E-state index contributed by atoms with van der Waals surface area (Å²) in [6.07, 6.45) is 10.7. The summed E-state index contributed by atoms with van der Waals surface area (Å²) in [4.78, 5) is 49.4. The molecule has 2 aliphatic rings. The number of hydrogen-bond donors (Lipinski definition) is 2. The SMILES string of the molecule is CC(C)C(=O)[C@H](NC(=O)c1cccc(C2CCCN(C(=O)CNCc3ncccn3)C2)c1)C1CCCCC1. The van der Waals surface area contributed by atoms with Crippen LogP contribution in [0.5, 0.6) is 0 Å². The highest BCUT2D eigenvalue weighted by Gasteiger charge is 2.32. The Hall–Kier alpha value is -3.13. The number of amides is 2. The lowest BCUT2D eigenvalue weighted by Gasteiger charge is -2.33. The summed E-state index contributed by atoms with van der Waals surface area (Å²) in [6, 6.07) is 9.05. The molecule has 0 bridgehead atoms. The van der Waals surface area contributed by atoms with Gasteiger partial charge in [-0.2, -0.15) is 0 Å². The molecular formula is C30H41N5O3. The lowest BCUT2D eigenvalue weighted by Crippen LogP contribution is -2.48. The van der Waals surface area contributed by atoms with Gasteiger partial charge in [-0.15, -0.1) is 0 Å². The van der Waals surface area contributed by atoms with E-state index >= 15 is 0 Å². The molecule has 0 spiro atoms. The molecule has 2 heterocycles. The first-order chi connectivity index (χ1) is 18.4. The smallest absolute Gasteiger partial charge is 0.251 e. The van der Waals surface area contributed by atoms with E-state index in [-0.39, 0.29) is 41.9 Å². The average molecular weight is 520 g/mol. The van der Waals surface area contributed by atoms with Crippen LogP contribution in [0, 0.1) is 11.8 Å². The van der Waals surface area contributed by atoms with Crippen LogP contribution in [0.2, 0.25) is 0 Å². The zero-order valence-electron chi connectivity index (χ0n) is 22.7. The zero-order valence-corrected chi connectivity index (χ0v) is 22.7. The van der Waals surface area contributed by atoms with Gasteiger partial charge in [-0.3, -0.25) is 14.4 Å². The fourth-order valence-electron chi connectivity index (χ4n) is 5.70. The van der Waals surface area contributed by atoms with Crippen LogP contribution in [0.15, 0.2) is 42.7 Å².